The molecule has 0 heterocycles. The van der Waals surface area contributed by atoms with Gasteiger partial charge in [0.15, 0.2) is 0 Å². The third-order valence-electron chi connectivity index (χ3n) is 2.66. The number of carboxylic acids is 1. The van der Waals surface area contributed by atoms with Gasteiger partial charge < -0.3 is 15.2 Å². The molecule has 1 aromatic carbocycles. The largest absolute Gasteiger partial charge is 0.481 e. The lowest BCUT2D eigenvalue weighted by Crippen LogP contribution is -2.25. The summed E-state index contributed by atoms with van der Waals surface area (Å²) in [5.74, 6) is -0.959. The molecule has 0 aliphatic heterocycles. The zero-order valence-electron chi connectivity index (χ0n) is 11.0. The van der Waals surface area contributed by atoms with Crippen LogP contribution in [0.15, 0.2) is 24.3 Å². The summed E-state index contributed by atoms with van der Waals surface area (Å²) in [5, 5.41) is 11.3. The number of hydrogen-bond acceptors (Lipinski definition) is 3. The van der Waals surface area contributed by atoms with E-state index in [4.69, 9.17) is 9.84 Å². The van der Waals surface area contributed by atoms with Crippen molar-refractivity contribution in [3.05, 3.63) is 35.4 Å². The molecular formula is C14H19NO4. The Morgan fingerprint density at radius 3 is 2.68 bits per heavy atom. The molecule has 0 bridgehead atoms. The van der Waals surface area contributed by atoms with Crippen LogP contribution in [0, 0.1) is 0 Å². The highest BCUT2D eigenvalue weighted by Gasteiger charge is 2.09. The number of amides is 1. The summed E-state index contributed by atoms with van der Waals surface area (Å²) < 4.78 is 5.04. The number of carbonyl (C=O) groups excluding carboxylic acids is 1. The maximum atomic E-state index is 12.0. The van der Waals surface area contributed by atoms with Gasteiger partial charge in [-0.3, -0.25) is 9.59 Å². The molecule has 0 spiro atoms. The van der Waals surface area contributed by atoms with Gasteiger partial charge in [0.05, 0.1) is 6.61 Å². The Balaban J connectivity index is 2.43. The zero-order valence-corrected chi connectivity index (χ0v) is 11.0. The molecule has 0 aromatic heterocycles. The van der Waals surface area contributed by atoms with Crippen molar-refractivity contribution in [1.29, 1.82) is 0 Å². The second-order valence-corrected chi connectivity index (χ2v) is 4.20. The smallest absolute Gasteiger partial charge is 0.303 e. The summed E-state index contributed by atoms with van der Waals surface area (Å²) >= 11 is 0. The standard InChI is InChI=1S/C14H19NO4/c1-19-10-11-6-2-3-7-12(11)14(18)15-9-5-4-8-13(16)17/h2-3,6-7H,4-5,8-10H2,1H3,(H,15,18)(H,16,17). The first-order valence-corrected chi connectivity index (χ1v) is 6.22. The minimum absolute atomic E-state index is 0.135. The SMILES string of the molecule is COCc1ccccc1C(=O)NCCCCC(=O)O. The van der Waals surface area contributed by atoms with E-state index in [1.54, 1.807) is 19.2 Å². The van der Waals surface area contributed by atoms with Crippen molar-refractivity contribution in [2.45, 2.75) is 25.9 Å². The predicted octanol–water partition coefficient (Wildman–Crippen LogP) is 1.82. The first-order valence-electron chi connectivity index (χ1n) is 6.22. The van der Waals surface area contributed by atoms with Gasteiger partial charge in [-0.25, -0.2) is 0 Å². The maximum absolute atomic E-state index is 12.0. The van der Waals surface area contributed by atoms with Gasteiger partial charge in [-0.05, 0) is 24.5 Å². The monoisotopic (exact) mass is 265 g/mol. The maximum Gasteiger partial charge on any atom is 0.303 e. The van der Waals surface area contributed by atoms with E-state index in [9.17, 15) is 9.59 Å². The van der Waals surface area contributed by atoms with Crippen LogP contribution >= 0.6 is 0 Å². The first kappa shape index (κ1) is 15.2. The summed E-state index contributed by atoms with van der Waals surface area (Å²) in [7, 11) is 1.58. The van der Waals surface area contributed by atoms with Gasteiger partial charge in [-0.1, -0.05) is 18.2 Å². The number of ether oxygens (including phenoxy) is 1. The fourth-order valence-electron chi connectivity index (χ4n) is 1.72. The summed E-state index contributed by atoms with van der Waals surface area (Å²) in [6, 6.07) is 7.26. The number of carboxylic acid groups (broad SMARTS) is 1. The molecule has 104 valence electrons. The molecule has 0 radical (unpaired) electrons. The lowest BCUT2D eigenvalue weighted by atomic mass is 10.1. The number of hydrogen-bond donors (Lipinski definition) is 2. The fourth-order valence-corrected chi connectivity index (χ4v) is 1.72. The Morgan fingerprint density at radius 1 is 1.26 bits per heavy atom. The third kappa shape index (κ3) is 5.52. The van der Waals surface area contributed by atoms with Crippen LogP contribution in [0.3, 0.4) is 0 Å². The quantitative estimate of drug-likeness (QED) is 0.703. The first-order chi connectivity index (χ1) is 9.15. The van der Waals surface area contributed by atoms with E-state index in [1.807, 2.05) is 12.1 Å². The number of rotatable bonds is 8. The molecule has 0 aliphatic rings. The molecule has 19 heavy (non-hydrogen) atoms. The highest BCUT2D eigenvalue weighted by atomic mass is 16.5. The second kappa shape index (κ2) is 8.26. The number of unbranched alkanes of at least 4 members (excludes halogenated alkanes) is 1. The lowest BCUT2D eigenvalue weighted by molar-refractivity contribution is -0.137. The molecule has 0 saturated carbocycles. The molecule has 0 fully saturated rings. The normalized spacial score (nSPS) is 10.2. The molecule has 0 saturated heterocycles. The van der Waals surface area contributed by atoms with Crippen LogP contribution < -0.4 is 5.32 Å². The van der Waals surface area contributed by atoms with Gasteiger partial charge >= 0.3 is 5.97 Å². The zero-order chi connectivity index (χ0) is 14.1. The summed E-state index contributed by atoms with van der Waals surface area (Å²) in [6.07, 6.45) is 1.36. The van der Waals surface area contributed by atoms with Gasteiger partial charge in [0.25, 0.3) is 5.91 Å². The van der Waals surface area contributed by atoms with Crippen LogP contribution in [-0.4, -0.2) is 30.6 Å². The van der Waals surface area contributed by atoms with Crippen molar-refractivity contribution < 1.29 is 19.4 Å². The minimum Gasteiger partial charge on any atom is -0.481 e. The Bertz CT molecular complexity index is 431. The second-order valence-electron chi connectivity index (χ2n) is 4.20. The molecule has 0 atom stereocenters. The van der Waals surface area contributed by atoms with Gasteiger partial charge in [-0.15, -0.1) is 0 Å². The molecular weight excluding hydrogens is 246 g/mol. The molecule has 5 nitrogen and oxygen atoms in total. The topological polar surface area (TPSA) is 75.6 Å². The highest BCUT2D eigenvalue weighted by Crippen LogP contribution is 2.09. The van der Waals surface area contributed by atoms with Crippen molar-refractivity contribution in [3.63, 3.8) is 0 Å². The minimum atomic E-state index is -0.809. The molecule has 0 aliphatic carbocycles. The molecule has 1 amide bonds. The Hall–Kier alpha value is -1.88. The summed E-state index contributed by atoms with van der Waals surface area (Å²) in [6.45, 7) is 0.871. The van der Waals surface area contributed by atoms with E-state index in [2.05, 4.69) is 5.32 Å². The average molecular weight is 265 g/mol. The van der Waals surface area contributed by atoms with Crippen LogP contribution in [0.4, 0.5) is 0 Å². The van der Waals surface area contributed by atoms with Crippen LogP contribution in [0.1, 0.15) is 35.2 Å². The van der Waals surface area contributed by atoms with E-state index >= 15 is 0 Å². The van der Waals surface area contributed by atoms with E-state index in [0.29, 0.717) is 31.6 Å². The Labute approximate surface area is 112 Å². The molecule has 2 N–H and O–H groups in total. The van der Waals surface area contributed by atoms with Crippen LogP contribution in [-0.2, 0) is 16.1 Å². The van der Waals surface area contributed by atoms with Gasteiger partial charge in [0.2, 0.25) is 0 Å². The van der Waals surface area contributed by atoms with Crippen LogP contribution in [0.25, 0.3) is 0 Å². The fraction of sp³-hybridized carbons (Fsp3) is 0.429. The summed E-state index contributed by atoms with van der Waals surface area (Å²) in [4.78, 5) is 22.3. The number of carbonyl (C=O) groups is 2. The van der Waals surface area contributed by atoms with Crippen molar-refractivity contribution in [1.82, 2.24) is 5.32 Å². The molecule has 5 heteroatoms. The molecule has 1 rings (SSSR count). The van der Waals surface area contributed by atoms with Gasteiger partial charge in [-0.2, -0.15) is 0 Å². The molecule has 1 aromatic rings. The van der Waals surface area contributed by atoms with Crippen molar-refractivity contribution in [2.24, 2.45) is 0 Å². The van der Waals surface area contributed by atoms with Gasteiger partial charge in [0.1, 0.15) is 0 Å². The van der Waals surface area contributed by atoms with E-state index in [-0.39, 0.29) is 12.3 Å². The van der Waals surface area contributed by atoms with E-state index in [1.165, 1.54) is 0 Å². The highest BCUT2D eigenvalue weighted by molar-refractivity contribution is 5.95. The van der Waals surface area contributed by atoms with Crippen molar-refractivity contribution >= 4 is 11.9 Å². The van der Waals surface area contributed by atoms with Crippen molar-refractivity contribution in [2.75, 3.05) is 13.7 Å². The van der Waals surface area contributed by atoms with E-state index < -0.39 is 5.97 Å². The van der Waals surface area contributed by atoms with Crippen LogP contribution in [0.2, 0.25) is 0 Å². The van der Waals surface area contributed by atoms with Gasteiger partial charge in [0, 0.05) is 25.6 Å². The number of aliphatic carboxylic acids is 1. The average Bonchev–Trinajstić information content (AvgIpc) is 2.39. The lowest BCUT2D eigenvalue weighted by Gasteiger charge is -2.09. The Morgan fingerprint density at radius 2 is 2.00 bits per heavy atom. The molecule has 0 unspecified atom stereocenters. The number of methoxy groups -OCH3 is 1. The predicted molar refractivity (Wildman–Crippen MR) is 71.0 cm³/mol. The van der Waals surface area contributed by atoms with Crippen LogP contribution in [0.5, 0.6) is 0 Å². The number of benzene rings is 1. The summed E-state index contributed by atoms with van der Waals surface area (Å²) in [5.41, 5.74) is 1.44. The van der Waals surface area contributed by atoms with E-state index in [0.717, 1.165) is 5.56 Å². The Kier molecular flexibility index (Phi) is 6.60. The number of nitrogens with one attached hydrogen (secondary N) is 1. The third-order valence-corrected chi connectivity index (χ3v) is 2.66. The van der Waals surface area contributed by atoms with Crippen molar-refractivity contribution in [3.8, 4) is 0 Å².